The molecule has 0 fully saturated rings. The number of primary amides is 2. The number of rotatable bonds is 8. The molecule has 398 valence electrons. The number of Topliss-reactive ketones (excluding diaryl/α,β-unsaturated/α-hetero) is 4. The number of aliphatic hydroxyl groups excluding tert-OH is 4. The molecule has 6 aliphatic carbocycles. The molecule has 0 radical (unpaired) electrons. The number of allylic oxidation sites excluding steroid dienone is 1. The number of phenolic OH excluding ortho intramolecular Hbond substituents is 2. The molecule has 6 aliphatic rings. The third-order valence-electron chi connectivity index (χ3n) is 15.3. The zero-order valence-corrected chi connectivity index (χ0v) is 42.5. The van der Waals surface area contributed by atoms with Gasteiger partial charge in [0, 0.05) is 54.2 Å². The maximum atomic E-state index is 14.1. The molecule has 0 aromatic heterocycles. The van der Waals surface area contributed by atoms with E-state index in [1.54, 1.807) is 39.2 Å². The number of carbonyl (C=O) groups is 7. The van der Waals surface area contributed by atoms with Gasteiger partial charge in [-0.25, -0.2) is 0 Å². The van der Waals surface area contributed by atoms with E-state index in [1.165, 1.54) is 49.0 Å². The number of carbonyl (C=O) groups excluding carboxylic acids is 7. The van der Waals surface area contributed by atoms with Crippen LogP contribution in [0.1, 0.15) is 72.4 Å². The Bertz CT molecular complexity index is 3000. The van der Waals surface area contributed by atoms with E-state index in [9.17, 15) is 79.5 Å². The van der Waals surface area contributed by atoms with Gasteiger partial charge in [-0.2, -0.15) is 0 Å². The number of amides is 3. The number of hydrogen-bond acceptors (Lipinski definition) is 20. The SMILES string of the molecule is CN(C)[C@@H]1C(O)=C(C(N)=O)C(=O)[C@@]2(O)C(O)=C3C(=O)c4c(O)cccc4[C@@](C)(O)[C@H]3C[C@@H]12.CN(C)c1cc(NC(=O)CNC(C)(C)C)c(O)c2c1C[C@H]1C[C@H]3[C@H](N(C)C)C(O)=C(C(N)=O)C(=O)[C@@]3(O)C(O)=C1C2=O. The molecule has 0 aliphatic heterocycles. The second-order valence-corrected chi connectivity index (χ2v) is 21.6. The lowest BCUT2D eigenvalue weighted by atomic mass is 9.55. The summed E-state index contributed by atoms with van der Waals surface area (Å²) in [4.78, 5) is 95.4. The quantitative estimate of drug-likeness (QED) is 0.125. The van der Waals surface area contributed by atoms with Crippen molar-refractivity contribution in [3.8, 4) is 11.5 Å². The molecular weight excluding hydrogens is 967 g/mol. The number of hydrogen-bond donors (Lipinski definition) is 13. The lowest BCUT2D eigenvalue weighted by Gasteiger charge is -2.52. The van der Waals surface area contributed by atoms with E-state index in [2.05, 4.69) is 10.6 Å². The molecule has 8 rings (SSSR count). The van der Waals surface area contributed by atoms with Gasteiger partial charge < -0.3 is 73.0 Å². The first kappa shape index (κ1) is 54.6. The highest BCUT2D eigenvalue weighted by Gasteiger charge is 2.66. The summed E-state index contributed by atoms with van der Waals surface area (Å²) in [6.45, 7) is 7.01. The van der Waals surface area contributed by atoms with E-state index in [0.29, 0.717) is 11.3 Å². The molecule has 0 saturated heterocycles. The second kappa shape index (κ2) is 18.3. The first-order valence-corrected chi connectivity index (χ1v) is 23.6. The lowest BCUT2D eigenvalue weighted by Crippen LogP contribution is -2.65. The van der Waals surface area contributed by atoms with E-state index < -0.39 is 145 Å². The Morgan fingerprint density at radius 3 is 1.69 bits per heavy atom. The first-order chi connectivity index (χ1) is 34.1. The van der Waals surface area contributed by atoms with Crippen LogP contribution in [0.3, 0.4) is 0 Å². The van der Waals surface area contributed by atoms with Crippen molar-refractivity contribution < 1.29 is 79.5 Å². The molecule has 0 spiro atoms. The number of nitrogens with zero attached hydrogens (tertiary/aromatic N) is 3. The number of nitrogens with two attached hydrogens (primary N) is 2. The molecule has 23 heteroatoms. The largest absolute Gasteiger partial charge is 0.510 e. The molecule has 0 saturated carbocycles. The summed E-state index contributed by atoms with van der Waals surface area (Å²) in [5.41, 5.74) is 1.31. The van der Waals surface area contributed by atoms with Gasteiger partial charge in [0.15, 0.2) is 28.5 Å². The number of nitrogens with one attached hydrogen (secondary N) is 2. The Labute approximate surface area is 424 Å². The van der Waals surface area contributed by atoms with Gasteiger partial charge in [-0.15, -0.1) is 0 Å². The number of fused-ring (bicyclic) bond motifs is 6. The van der Waals surface area contributed by atoms with Crippen molar-refractivity contribution in [2.24, 2.45) is 35.1 Å². The molecule has 9 atom stereocenters. The highest BCUT2D eigenvalue weighted by Crippen LogP contribution is 2.57. The molecule has 0 unspecified atom stereocenters. The van der Waals surface area contributed by atoms with Crippen LogP contribution in [-0.4, -0.2) is 174 Å². The predicted molar refractivity (Wildman–Crippen MR) is 264 cm³/mol. The van der Waals surface area contributed by atoms with Crippen molar-refractivity contribution in [1.82, 2.24) is 15.1 Å². The average molecular weight is 1030 g/mol. The fourth-order valence-corrected chi connectivity index (χ4v) is 11.8. The molecule has 0 bridgehead atoms. The summed E-state index contributed by atoms with van der Waals surface area (Å²) in [5, 5.41) is 106. The first-order valence-electron chi connectivity index (χ1n) is 23.6. The van der Waals surface area contributed by atoms with Crippen molar-refractivity contribution in [2.45, 2.75) is 81.4 Å². The Morgan fingerprint density at radius 1 is 0.730 bits per heavy atom. The maximum Gasteiger partial charge on any atom is 0.255 e. The number of phenols is 2. The van der Waals surface area contributed by atoms with Gasteiger partial charge in [0.25, 0.3) is 11.8 Å². The van der Waals surface area contributed by atoms with Crippen LogP contribution in [0.15, 0.2) is 69.6 Å². The Kier molecular flexibility index (Phi) is 13.5. The second-order valence-electron chi connectivity index (χ2n) is 21.6. The molecule has 0 heterocycles. The van der Waals surface area contributed by atoms with E-state index in [0.717, 1.165) is 0 Å². The number of anilines is 2. The average Bonchev–Trinajstić information content (AvgIpc) is 3.27. The fraction of sp³-hybridized carbons (Fsp3) is 0.471. The van der Waals surface area contributed by atoms with E-state index >= 15 is 0 Å². The summed E-state index contributed by atoms with van der Waals surface area (Å²) >= 11 is 0. The van der Waals surface area contributed by atoms with Crippen LogP contribution in [-0.2, 0) is 36.0 Å². The number of benzene rings is 2. The van der Waals surface area contributed by atoms with Crippen LogP contribution in [0, 0.1) is 23.7 Å². The molecular formula is C51H63N7O16. The van der Waals surface area contributed by atoms with Crippen molar-refractivity contribution >= 4 is 52.2 Å². The fourth-order valence-electron chi connectivity index (χ4n) is 11.8. The highest BCUT2D eigenvalue weighted by atomic mass is 16.4. The van der Waals surface area contributed by atoms with Crippen molar-refractivity contribution in [3.05, 3.63) is 91.8 Å². The summed E-state index contributed by atoms with van der Waals surface area (Å²) in [6, 6.07) is 3.54. The predicted octanol–water partition coefficient (Wildman–Crippen LogP) is 0.299. The van der Waals surface area contributed by atoms with Gasteiger partial charge in [-0.1, -0.05) is 12.1 Å². The molecule has 15 N–H and O–H groups in total. The Morgan fingerprint density at radius 2 is 1.22 bits per heavy atom. The molecule has 74 heavy (non-hydrogen) atoms. The van der Waals surface area contributed by atoms with Gasteiger partial charge in [0.1, 0.15) is 39.9 Å². The van der Waals surface area contributed by atoms with Crippen molar-refractivity contribution in [3.63, 3.8) is 0 Å². The van der Waals surface area contributed by atoms with Crippen LogP contribution in [0.5, 0.6) is 11.5 Å². The monoisotopic (exact) mass is 1030 g/mol. The van der Waals surface area contributed by atoms with Gasteiger partial charge >= 0.3 is 0 Å². The van der Waals surface area contributed by atoms with Crippen LogP contribution >= 0.6 is 0 Å². The minimum absolute atomic E-state index is 0.0175. The van der Waals surface area contributed by atoms with Crippen LogP contribution in [0.4, 0.5) is 11.4 Å². The van der Waals surface area contributed by atoms with E-state index in [1.807, 2.05) is 20.8 Å². The summed E-state index contributed by atoms with van der Waals surface area (Å²) < 4.78 is 0. The number of likely N-dealkylation sites (N-methyl/N-ethyl adjacent to an activating group) is 2. The van der Waals surface area contributed by atoms with Crippen LogP contribution < -0.4 is 27.0 Å². The van der Waals surface area contributed by atoms with Gasteiger partial charge in [-0.05, 0) is 104 Å². The number of aromatic hydroxyl groups is 2. The molecule has 3 amide bonds. The van der Waals surface area contributed by atoms with E-state index in [4.69, 9.17) is 11.5 Å². The third kappa shape index (κ3) is 8.08. The minimum atomic E-state index is -2.75. The van der Waals surface area contributed by atoms with Crippen molar-refractivity contribution in [1.29, 1.82) is 0 Å². The highest BCUT2D eigenvalue weighted by molar-refractivity contribution is 6.26. The maximum absolute atomic E-state index is 14.1. The lowest BCUT2D eigenvalue weighted by molar-refractivity contribution is -0.152. The van der Waals surface area contributed by atoms with Crippen molar-refractivity contribution in [2.75, 3.05) is 59.0 Å². The minimum Gasteiger partial charge on any atom is -0.510 e. The molecule has 2 aromatic rings. The number of ketones is 4. The zero-order chi connectivity index (χ0) is 55.5. The summed E-state index contributed by atoms with van der Waals surface area (Å²) in [5.74, 6) is -15.7. The molecule has 2 aromatic carbocycles. The van der Waals surface area contributed by atoms with Gasteiger partial charge in [-0.3, -0.25) is 43.4 Å². The van der Waals surface area contributed by atoms with E-state index in [-0.39, 0.29) is 59.3 Å². The standard InChI is InChI=1S/C29H39N5O8.C22H24N2O8/c1-28(2,3)31-11-17(35)32-15-10-16(33(4)5)13-8-12-9-14-21(34(6)7)24(38)20(27(30)41)26(40)29(14,42)25(39)18(12)23(37)19(13)22(15)36;1-21(31)8-5-4-6-11(25)12(8)16(26)13-9(21)7-10-15(24(2)3)17(27)14(20(23)30)19(29)22(10,32)18(13)28/h10,12,14,21,31,36,38-39,42H,8-9,11H2,1-7H3,(H2,30,41)(H,32,35);4-6,9-10,15,25,27-28,31-32H,7H2,1-3H3,(H2,23,30)/t12-,14-,21-,29-;9-,10-,15-,21+,22-/m00/s1. The number of aliphatic hydroxyl groups is 7. The summed E-state index contributed by atoms with van der Waals surface area (Å²) in [7, 11) is 9.68. The van der Waals surface area contributed by atoms with Crippen LogP contribution in [0.25, 0.3) is 0 Å². The van der Waals surface area contributed by atoms with Crippen LogP contribution in [0.2, 0.25) is 0 Å². The van der Waals surface area contributed by atoms with Gasteiger partial charge in [0.05, 0.1) is 41.0 Å². The third-order valence-corrected chi connectivity index (χ3v) is 15.3. The Hall–Kier alpha value is -7.15. The normalized spacial score (nSPS) is 29.4. The Balaban J connectivity index is 0.000000224. The molecule has 23 nitrogen and oxygen atoms in total. The topological polar surface area (TPSA) is 387 Å². The summed E-state index contributed by atoms with van der Waals surface area (Å²) in [6.07, 6.45) is -0.0831. The zero-order valence-electron chi connectivity index (χ0n) is 42.5. The van der Waals surface area contributed by atoms with Gasteiger partial charge in [0.2, 0.25) is 17.5 Å². The smallest absolute Gasteiger partial charge is 0.255 e.